The average molecular weight is 496 g/mol. The lowest BCUT2D eigenvalue weighted by Crippen LogP contribution is -2.14. The van der Waals surface area contributed by atoms with Crippen molar-refractivity contribution >= 4 is 83.9 Å². The molecule has 0 saturated carbocycles. The van der Waals surface area contributed by atoms with Gasteiger partial charge in [-0.2, -0.15) is 0 Å². The predicted molar refractivity (Wildman–Crippen MR) is 117 cm³/mol. The number of rotatable bonds is 6. The van der Waals surface area contributed by atoms with Crippen molar-refractivity contribution in [1.29, 1.82) is 0 Å². The second-order valence-electron chi connectivity index (χ2n) is 5.63. The summed E-state index contributed by atoms with van der Waals surface area (Å²) in [5, 5.41) is 21.2. The van der Waals surface area contributed by atoms with Gasteiger partial charge in [0.2, 0.25) is 16.2 Å². The summed E-state index contributed by atoms with van der Waals surface area (Å²) in [5.74, 6) is 0.897. The monoisotopic (exact) mass is 495 g/mol. The van der Waals surface area contributed by atoms with Crippen LogP contribution >= 0.6 is 50.8 Å². The summed E-state index contributed by atoms with van der Waals surface area (Å²) in [6.07, 6.45) is 0. The molecule has 8 nitrogen and oxygen atoms in total. The Morgan fingerprint density at radius 3 is 2.93 bits per heavy atom. The van der Waals surface area contributed by atoms with E-state index in [4.69, 9.17) is 0 Å². The molecule has 0 bridgehead atoms. The summed E-state index contributed by atoms with van der Waals surface area (Å²) in [6, 6.07) is 5.99. The molecule has 12 heteroatoms. The number of carbonyl (C=O) groups excluding carboxylic acids is 1. The number of benzene rings is 1. The van der Waals surface area contributed by atoms with Crippen LogP contribution in [0.15, 0.2) is 32.2 Å². The summed E-state index contributed by atoms with van der Waals surface area (Å²) in [5.41, 5.74) is 2.50. The van der Waals surface area contributed by atoms with Gasteiger partial charge in [-0.1, -0.05) is 57.7 Å². The largest absolute Gasteiger partial charge is 0.327 e. The van der Waals surface area contributed by atoms with Crippen LogP contribution in [0.5, 0.6) is 0 Å². The van der Waals surface area contributed by atoms with Crippen LogP contribution in [-0.4, -0.2) is 47.4 Å². The maximum Gasteiger partial charge on any atom is 0.236 e. The van der Waals surface area contributed by atoms with Gasteiger partial charge in [-0.05, 0) is 24.0 Å². The van der Waals surface area contributed by atoms with Gasteiger partial charge in [0, 0.05) is 16.9 Å². The summed E-state index contributed by atoms with van der Waals surface area (Å²) in [6.45, 7) is 2.04. The molecule has 0 saturated heterocycles. The van der Waals surface area contributed by atoms with E-state index >= 15 is 0 Å². The smallest absolute Gasteiger partial charge is 0.236 e. The molecule has 1 aromatic carbocycles. The molecule has 4 aromatic rings. The Hall–Kier alpha value is -1.76. The molecule has 0 aliphatic rings. The molecule has 0 radical (unpaired) electrons. The lowest BCUT2D eigenvalue weighted by molar-refractivity contribution is -0.113. The van der Waals surface area contributed by atoms with E-state index in [0.717, 1.165) is 36.6 Å². The second-order valence-corrected chi connectivity index (χ2v) is 9.98. The van der Waals surface area contributed by atoms with E-state index < -0.39 is 0 Å². The quantitative estimate of drug-likeness (QED) is 0.316. The molecule has 28 heavy (non-hydrogen) atoms. The lowest BCUT2D eigenvalue weighted by atomic mass is 10.2. The highest BCUT2D eigenvalue weighted by molar-refractivity contribution is 9.10. The van der Waals surface area contributed by atoms with E-state index in [1.807, 2.05) is 36.7 Å². The van der Waals surface area contributed by atoms with Crippen molar-refractivity contribution in [3.63, 3.8) is 0 Å². The number of amides is 1. The minimum atomic E-state index is -0.182. The van der Waals surface area contributed by atoms with Gasteiger partial charge >= 0.3 is 0 Å². The Bertz CT molecular complexity index is 1180. The number of hydrogen-bond acceptors (Lipinski definition) is 9. The number of anilines is 1. The van der Waals surface area contributed by atoms with E-state index in [-0.39, 0.29) is 11.7 Å². The molecule has 3 aromatic heterocycles. The Morgan fingerprint density at radius 2 is 2.11 bits per heavy atom. The van der Waals surface area contributed by atoms with Crippen molar-refractivity contribution in [2.75, 3.05) is 16.8 Å². The standard InChI is InChI=1S/C16H14BrN7OS3/c1-3-26-16-23-22-15(28-16)18-11(25)7-27-14-19-13-12(20-21-14)9-6-8(17)4-5-10(9)24(13)2/h4-6H,3,7H2,1-2H3,(H,18,22,25). The van der Waals surface area contributed by atoms with E-state index in [2.05, 4.69) is 46.6 Å². The molecular formula is C16H14BrN7OS3. The summed E-state index contributed by atoms with van der Waals surface area (Å²) < 4.78 is 3.79. The molecule has 1 amide bonds. The van der Waals surface area contributed by atoms with Crippen LogP contribution in [-0.2, 0) is 11.8 Å². The number of halogens is 1. The minimum absolute atomic E-state index is 0.165. The van der Waals surface area contributed by atoms with E-state index in [9.17, 15) is 4.79 Å². The van der Waals surface area contributed by atoms with Crippen molar-refractivity contribution in [2.24, 2.45) is 7.05 Å². The third-order valence-corrected chi connectivity index (χ3v) is 6.98. The maximum atomic E-state index is 12.2. The number of aryl methyl sites for hydroxylation is 1. The van der Waals surface area contributed by atoms with Gasteiger partial charge in [0.1, 0.15) is 5.52 Å². The van der Waals surface area contributed by atoms with Gasteiger partial charge in [-0.15, -0.1) is 20.4 Å². The molecule has 3 heterocycles. The molecule has 144 valence electrons. The number of nitrogens with zero attached hydrogens (tertiary/aromatic N) is 6. The first-order valence-electron chi connectivity index (χ1n) is 8.22. The van der Waals surface area contributed by atoms with Gasteiger partial charge in [0.25, 0.3) is 0 Å². The first-order chi connectivity index (χ1) is 13.5. The summed E-state index contributed by atoms with van der Waals surface area (Å²) >= 11 is 7.67. The zero-order chi connectivity index (χ0) is 19.7. The van der Waals surface area contributed by atoms with Gasteiger partial charge in [0.15, 0.2) is 9.99 Å². The molecule has 1 N–H and O–H groups in total. The van der Waals surface area contributed by atoms with Gasteiger partial charge in [0.05, 0.1) is 11.3 Å². The average Bonchev–Trinajstić information content (AvgIpc) is 3.23. The molecule has 0 spiro atoms. The highest BCUT2D eigenvalue weighted by atomic mass is 79.9. The first kappa shape index (κ1) is 19.6. The highest BCUT2D eigenvalue weighted by Crippen LogP contribution is 2.29. The van der Waals surface area contributed by atoms with Crippen LogP contribution in [0, 0.1) is 0 Å². The first-order valence-corrected chi connectivity index (χ1v) is 11.8. The van der Waals surface area contributed by atoms with Gasteiger partial charge in [-0.25, -0.2) is 4.98 Å². The number of carbonyl (C=O) groups is 1. The number of nitrogens with one attached hydrogen (secondary N) is 1. The molecule has 0 aliphatic heterocycles. The second kappa shape index (κ2) is 8.31. The van der Waals surface area contributed by atoms with Crippen LogP contribution in [0.3, 0.4) is 0 Å². The maximum absolute atomic E-state index is 12.2. The highest BCUT2D eigenvalue weighted by Gasteiger charge is 2.15. The number of thioether (sulfide) groups is 2. The van der Waals surface area contributed by atoms with Crippen LogP contribution in [0.4, 0.5) is 5.13 Å². The Kier molecular flexibility index (Phi) is 5.80. The van der Waals surface area contributed by atoms with Crippen LogP contribution in [0.25, 0.3) is 22.1 Å². The van der Waals surface area contributed by atoms with Crippen LogP contribution < -0.4 is 5.32 Å². The van der Waals surface area contributed by atoms with Gasteiger partial charge < -0.3 is 4.57 Å². The molecule has 0 aliphatic carbocycles. The number of aromatic nitrogens is 6. The molecule has 4 rings (SSSR count). The molecular weight excluding hydrogens is 482 g/mol. The third-order valence-electron chi connectivity index (χ3n) is 3.79. The topological polar surface area (TPSA) is 98.5 Å². The van der Waals surface area contributed by atoms with E-state index in [0.29, 0.717) is 10.3 Å². The summed E-state index contributed by atoms with van der Waals surface area (Å²) in [4.78, 5) is 16.8. The third kappa shape index (κ3) is 4.00. The van der Waals surface area contributed by atoms with Gasteiger partial charge in [-0.3, -0.25) is 10.1 Å². The fraction of sp³-hybridized carbons (Fsp3) is 0.250. The fourth-order valence-corrected chi connectivity index (χ4v) is 5.21. The zero-order valence-corrected chi connectivity index (χ0v) is 18.9. The Balaban J connectivity index is 1.48. The van der Waals surface area contributed by atoms with Crippen molar-refractivity contribution in [3.8, 4) is 0 Å². The van der Waals surface area contributed by atoms with E-state index in [1.165, 1.54) is 23.1 Å². The van der Waals surface area contributed by atoms with Crippen molar-refractivity contribution in [1.82, 2.24) is 29.9 Å². The minimum Gasteiger partial charge on any atom is -0.327 e. The SMILES string of the molecule is CCSc1nnc(NC(=O)CSc2nnc3c4cc(Br)ccc4n(C)c3n2)s1. The van der Waals surface area contributed by atoms with Crippen LogP contribution in [0.2, 0.25) is 0 Å². The molecule has 0 atom stereocenters. The number of fused-ring (bicyclic) bond motifs is 3. The van der Waals surface area contributed by atoms with Crippen molar-refractivity contribution in [2.45, 2.75) is 16.4 Å². The lowest BCUT2D eigenvalue weighted by Gasteiger charge is -2.01. The Morgan fingerprint density at radius 1 is 1.25 bits per heavy atom. The van der Waals surface area contributed by atoms with Crippen molar-refractivity contribution in [3.05, 3.63) is 22.7 Å². The molecule has 0 fully saturated rings. The fourth-order valence-electron chi connectivity index (χ4n) is 2.60. The van der Waals surface area contributed by atoms with E-state index in [1.54, 1.807) is 11.8 Å². The summed E-state index contributed by atoms with van der Waals surface area (Å²) in [7, 11) is 1.94. The molecule has 0 unspecified atom stereocenters. The predicted octanol–water partition coefficient (Wildman–Crippen LogP) is 3.97. The van der Waals surface area contributed by atoms with Crippen LogP contribution in [0.1, 0.15) is 6.92 Å². The number of hydrogen-bond donors (Lipinski definition) is 1. The zero-order valence-electron chi connectivity index (χ0n) is 14.8. The Labute approximate surface area is 181 Å². The van der Waals surface area contributed by atoms with Crippen molar-refractivity contribution < 1.29 is 4.79 Å². The normalized spacial score (nSPS) is 11.4.